The summed E-state index contributed by atoms with van der Waals surface area (Å²) >= 11 is 0. The summed E-state index contributed by atoms with van der Waals surface area (Å²) in [5.74, 6) is -0.595. The molecule has 0 aromatic heterocycles. The second kappa shape index (κ2) is 7.25. The number of carbonyl (C=O) groups is 2. The van der Waals surface area contributed by atoms with Gasteiger partial charge in [-0.25, -0.2) is 9.59 Å². The van der Waals surface area contributed by atoms with E-state index in [0.717, 1.165) is 23.1 Å². The fourth-order valence-electron chi connectivity index (χ4n) is 2.22. The van der Waals surface area contributed by atoms with Gasteiger partial charge in [0.05, 0.1) is 24.8 Å². The first kappa shape index (κ1) is 18.3. The molecule has 132 valence electrons. The van der Waals surface area contributed by atoms with Gasteiger partial charge in [0.1, 0.15) is 0 Å². The van der Waals surface area contributed by atoms with E-state index in [2.05, 4.69) is 4.74 Å². The number of halogens is 3. The van der Waals surface area contributed by atoms with E-state index in [0.29, 0.717) is 5.56 Å². The molecule has 0 heterocycles. The fraction of sp³-hybridized carbons (Fsp3) is 0.176. The van der Waals surface area contributed by atoms with Crippen molar-refractivity contribution in [1.82, 2.24) is 0 Å². The molecule has 0 atom stereocenters. The van der Waals surface area contributed by atoms with E-state index in [1.54, 1.807) is 6.07 Å². The number of carbonyl (C=O) groups excluding carboxylic acids is 1. The lowest BCUT2D eigenvalue weighted by Crippen LogP contribution is -2.29. The Morgan fingerprint density at radius 3 is 2.40 bits per heavy atom. The predicted molar refractivity (Wildman–Crippen MR) is 83.4 cm³/mol. The molecule has 2 aromatic carbocycles. The molecular weight excluding hydrogens is 339 g/mol. The van der Waals surface area contributed by atoms with Gasteiger partial charge in [-0.3, -0.25) is 4.90 Å². The maximum atomic E-state index is 12.8. The molecule has 0 unspecified atom stereocenters. The fourth-order valence-corrected chi connectivity index (χ4v) is 2.22. The molecule has 1 amide bonds. The van der Waals surface area contributed by atoms with Crippen LogP contribution in [0.3, 0.4) is 0 Å². The minimum Gasteiger partial charge on any atom is -0.465 e. The minimum absolute atomic E-state index is 0.120. The van der Waals surface area contributed by atoms with E-state index < -0.39 is 23.8 Å². The van der Waals surface area contributed by atoms with Crippen LogP contribution in [0, 0.1) is 0 Å². The van der Waals surface area contributed by atoms with Crippen molar-refractivity contribution in [2.75, 3.05) is 12.0 Å². The number of rotatable bonds is 4. The van der Waals surface area contributed by atoms with Crippen LogP contribution in [-0.2, 0) is 17.5 Å². The molecule has 2 rings (SSSR count). The normalized spacial score (nSPS) is 11.0. The zero-order valence-corrected chi connectivity index (χ0v) is 13.1. The highest BCUT2D eigenvalue weighted by molar-refractivity contribution is 5.90. The second-order valence-corrected chi connectivity index (χ2v) is 5.11. The standard InChI is InChI=1S/C17H14F3NO4/c1-25-15(22)12-5-2-4-11(8-12)10-21(16(23)24)14-7-3-6-13(9-14)17(18,19)20/h2-9H,10H2,1H3,(H,23,24). The number of methoxy groups -OCH3 is 1. The third-order valence-corrected chi connectivity index (χ3v) is 3.40. The number of hydrogen-bond donors (Lipinski definition) is 1. The van der Waals surface area contributed by atoms with Gasteiger partial charge in [0.15, 0.2) is 0 Å². The van der Waals surface area contributed by atoms with Crippen LogP contribution in [0.5, 0.6) is 0 Å². The molecule has 1 N–H and O–H groups in total. The van der Waals surface area contributed by atoms with Gasteiger partial charge in [-0.1, -0.05) is 18.2 Å². The van der Waals surface area contributed by atoms with E-state index in [1.165, 1.54) is 31.4 Å². The first-order valence-corrected chi connectivity index (χ1v) is 7.07. The van der Waals surface area contributed by atoms with Crippen molar-refractivity contribution in [3.63, 3.8) is 0 Å². The molecule has 0 aliphatic heterocycles. The molecule has 0 radical (unpaired) electrons. The van der Waals surface area contributed by atoms with E-state index in [9.17, 15) is 27.9 Å². The Bertz CT molecular complexity index is 789. The predicted octanol–water partition coefficient (Wildman–Crippen LogP) is 4.18. The number of alkyl halides is 3. The lowest BCUT2D eigenvalue weighted by Gasteiger charge is -2.21. The first-order valence-electron chi connectivity index (χ1n) is 7.07. The Morgan fingerprint density at radius 2 is 1.80 bits per heavy atom. The Kier molecular flexibility index (Phi) is 5.31. The molecule has 25 heavy (non-hydrogen) atoms. The molecule has 0 aliphatic carbocycles. The van der Waals surface area contributed by atoms with Crippen LogP contribution < -0.4 is 4.90 Å². The number of esters is 1. The zero-order chi connectivity index (χ0) is 18.6. The molecule has 2 aromatic rings. The van der Waals surface area contributed by atoms with Gasteiger partial charge in [0.25, 0.3) is 0 Å². The summed E-state index contributed by atoms with van der Waals surface area (Å²) in [5.41, 5.74) is -0.414. The Morgan fingerprint density at radius 1 is 1.12 bits per heavy atom. The van der Waals surface area contributed by atoms with Crippen molar-refractivity contribution >= 4 is 17.7 Å². The van der Waals surface area contributed by atoms with Gasteiger partial charge in [-0.2, -0.15) is 13.2 Å². The number of amides is 1. The molecule has 0 aliphatic rings. The molecular formula is C17H14F3NO4. The van der Waals surface area contributed by atoms with Crippen molar-refractivity contribution in [3.8, 4) is 0 Å². The third-order valence-electron chi connectivity index (χ3n) is 3.40. The Balaban J connectivity index is 2.34. The lowest BCUT2D eigenvalue weighted by molar-refractivity contribution is -0.137. The van der Waals surface area contributed by atoms with Crippen LogP contribution in [0.15, 0.2) is 48.5 Å². The van der Waals surface area contributed by atoms with Crippen molar-refractivity contribution in [2.45, 2.75) is 12.7 Å². The smallest absolute Gasteiger partial charge is 0.416 e. The van der Waals surface area contributed by atoms with Gasteiger partial charge >= 0.3 is 18.2 Å². The van der Waals surface area contributed by atoms with Crippen molar-refractivity contribution in [2.24, 2.45) is 0 Å². The van der Waals surface area contributed by atoms with Crippen molar-refractivity contribution in [3.05, 3.63) is 65.2 Å². The molecule has 0 bridgehead atoms. The van der Waals surface area contributed by atoms with Gasteiger partial charge in [-0.05, 0) is 35.9 Å². The SMILES string of the molecule is COC(=O)c1cccc(CN(C(=O)O)c2cccc(C(F)(F)F)c2)c1. The quantitative estimate of drug-likeness (QED) is 0.838. The molecule has 5 nitrogen and oxygen atoms in total. The van der Waals surface area contributed by atoms with Crippen molar-refractivity contribution < 1.29 is 32.6 Å². The molecule has 0 spiro atoms. The van der Waals surface area contributed by atoms with Gasteiger partial charge in [0, 0.05) is 5.69 Å². The average molecular weight is 353 g/mol. The average Bonchev–Trinajstić information content (AvgIpc) is 2.58. The number of hydrogen-bond acceptors (Lipinski definition) is 3. The summed E-state index contributed by atoms with van der Waals surface area (Å²) in [7, 11) is 1.21. The van der Waals surface area contributed by atoms with Crippen LogP contribution in [-0.4, -0.2) is 24.3 Å². The molecule has 0 fully saturated rings. The maximum absolute atomic E-state index is 12.8. The Hall–Kier alpha value is -3.03. The van der Waals surface area contributed by atoms with E-state index in [-0.39, 0.29) is 17.8 Å². The van der Waals surface area contributed by atoms with Crippen LogP contribution in [0.1, 0.15) is 21.5 Å². The minimum atomic E-state index is -4.58. The third kappa shape index (κ3) is 4.50. The number of ether oxygens (including phenoxy) is 1. The summed E-state index contributed by atoms with van der Waals surface area (Å²) in [6.07, 6.45) is -5.99. The monoisotopic (exact) mass is 353 g/mol. The first-order chi connectivity index (χ1) is 11.7. The summed E-state index contributed by atoms with van der Waals surface area (Å²) in [6, 6.07) is 10.1. The zero-order valence-electron chi connectivity index (χ0n) is 13.1. The summed E-state index contributed by atoms with van der Waals surface area (Å²) in [4.78, 5) is 23.8. The summed E-state index contributed by atoms with van der Waals surface area (Å²) in [6.45, 7) is -0.221. The van der Waals surface area contributed by atoms with E-state index in [4.69, 9.17) is 0 Å². The maximum Gasteiger partial charge on any atom is 0.416 e. The number of carboxylic acid groups (broad SMARTS) is 1. The molecule has 0 saturated heterocycles. The second-order valence-electron chi connectivity index (χ2n) is 5.11. The Labute approximate surface area is 141 Å². The van der Waals surface area contributed by atoms with E-state index >= 15 is 0 Å². The van der Waals surface area contributed by atoms with Crippen molar-refractivity contribution in [1.29, 1.82) is 0 Å². The van der Waals surface area contributed by atoms with Crippen LogP contribution in [0.4, 0.5) is 23.7 Å². The molecule has 0 saturated carbocycles. The van der Waals surface area contributed by atoms with Crippen LogP contribution in [0.25, 0.3) is 0 Å². The van der Waals surface area contributed by atoms with Gasteiger partial charge in [0.2, 0.25) is 0 Å². The number of benzene rings is 2. The van der Waals surface area contributed by atoms with Gasteiger partial charge in [-0.15, -0.1) is 0 Å². The largest absolute Gasteiger partial charge is 0.465 e. The number of anilines is 1. The van der Waals surface area contributed by atoms with Crippen LogP contribution >= 0.6 is 0 Å². The highest BCUT2D eigenvalue weighted by Crippen LogP contribution is 2.32. The summed E-state index contributed by atoms with van der Waals surface area (Å²) in [5, 5.41) is 9.36. The van der Waals surface area contributed by atoms with Crippen LogP contribution in [0.2, 0.25) is 0 Å². The lowest BCUT2D eigenvalue weighted by atomic mass is 10.1. The van der Waals surface area contributed by atoms with E-state index in [1.807, 2.05) is 0 Å². The molecule has 8 heteroatoms. The highest BCUT2D eigenvalue weighted by atomic mass is 19.4. The highest BCUT2D eigenvalue weighted by Gasteiger charge is 2.31. The van der Waals surface area contributed by atoms with Gasteiger partial charge < -0.3 is 9.84 Å². The topological polar surface area (TPSA) is 66.8 Å². The number of nitrogens with zero attached hydrogens (tertiary/aromatic N) is 1. The summed E-state index contributed by atoms with van der Waals surface area (Å²) < 4.78 is 43.1.